The van der Waals surface area contributed by atoms with Crippen molar-refractivity contribution in [1.82, 2.24) is 5.32 Å². The van der Waals surface area contributed by atoms with E-state index in [0.717, 1.165) is 0 Å². The van der Waals surface area contributed by atoms with Crippen molar-refractivity contribution in [2.24, 2.45) is 0 Å². The maximum absolute atomic E-state index is 12.1. The number of carbonyl (C=O) groups is 2. The number of amides is 1. The number of hydrogen-bond donors (Lipinski definition) is 2. The number of nitrogens with one attached hydrogen (secondary N) is 1. The molecule has 0 bridgehead atoms. The van der Waals surface area contributed by atoms with Crippen LogP contribution in [-0.2, 0) is 14.3 Å². The fourth-order valence-electron chi connectivity index (χ4n) is 1.71. The third-order valence-corrected chi connectivity index (χ3v) is 2.97. The lowest BCUT2D eigenvalue weighted by molar-refractivity contribution is -0.145. The molecule has 0 aromatic heterocycles. The molecule has 0 aliphatic carbocycles. The van der Waals surface area contributed by atoms with Gasteiger partial charge in [-0.2, -0.15) is 0 Å². The van der Waals surface area contributed by atoms with Crippen LogP contribution in [0.15, 0.2) is 24.3 Å². The summed E-state index contributed by atoms with van der Waals surface area (Å²) in [4.78, 5) is 23.4. The summed E-state index contributed by atoms with van der Waals surface area (Å²) >= 11 is 0. The van der Waals surface area contributed by atoms with Crippen LogP contribution in [0.2, 0.25) is 0 Å². The first-order valence-corrected chi connectivity index (χ1v) is 6.69. The topological polar surface area (TPSA) is 94.1 Å². The molecule has 1 amide bonds. The van der Waals surface area contributed by atoms with E-state index in [-0.39, 0.29) is 6.61 Å². The van der Waals surface area contributed by atoms with Gasteiger partial charge in [0.25, 0.3) is 5.91 Å². The van der Waals surface area contributed by atoms with Gasteiger partial charge < -0.3 is 24.6 Å². The second-order valence-electron chi connectivity index (χ2n) is 4.89. The number of benzene rings is 1. The standard InChI is InChI=1S/C15H21NO6/c1-15(10-21-3,14(18)19)16-13(17)11-4-6-12(7-5-11)22-9-8-20-2/h4-7H,8-10H2,1-3H3,(H,16,17)(H,18,19). The highest BCUT2D eigenvalue weighted by Gasteiger charge is 2.35. The van der Waals surface area contributed by atoms with E-state index in [1.807, 2.05) is 0 Å². The largest absolute Gasteiger partial charge is 0.491 e. The van der Waals surface area contributed by atoms with E-state index in [9.17, 15) is 14.7 Å². The molecule has 22 heavy (non-hydrogen) atoms. The third kappa shape index (κ3) is 5.01. The van der Waals surface area contributed by atoms with Crippen LogP contribution in [-0.4, -0.2) is 56.6 Å². The fourth-order valence-corrected chi connectivity index (χ4v) is 1.71. The van der Waals surface area contributed by atoms with Gasteiger partial charge in [-0.1, -0.05) is 0 Å². The van der Waals surface area contributed by atoms with Gasteiger partial charge in [0, 0.05) is 19.8 Å². The van der Waals surface area contributed by atoms with E-state index >= 15 is 0 Å². The first-order valence-electron chi connectivity index (χ1n) is 6.69. The Morgan fingerprint density at radius 1 is 1.14 bits per heavy atom. The second-order valence-corrected chi connectivity index (χ2v) is 4.89. The Kier molecular flexibility index (Phi) is 6.81. The van der Waals surface area contributed by atoms with Crippen LogP contribution >= 0.6 is 0 Å². The van der Waals surface area contributed by atoms with Gasteiger partial charge in [-0.3, -0.25) is 4.79 Å². The van der Waals surface area contributed by atoms with Crippen molar-refractivity contribution < 1.29 is 28.9 Å². The number of methoxy groups -OCH3 is 2. The van der Waals surface area contributed by atoms with E-state index < -0.39 is 17.4 Å². The minimum Gasteiger partial charge on any atom is -0.491 e. The van der Waals surface area contributed by atoms with Gasteiger partial charge in [0.2, 0.25) is 0 Å². The molecule has 0 aliphatic heterocycles. The zero-order valence-electron chi connectivity index (χ0n) is 12.9. The van der Waals surface area contributed by atoms with E-state index in [1.165, 1.54) is 14.0 Å². The van der Waals surface area contributed by atoms with Gasteiger partial charge in [0.1, 0.15) is 12.4 Å². The molecule has 0 saturated carbocycles. The molecular formula is C15H21NO6. The number of hydrogen-bond acceptors (Lipinski definition) is 5. The fraction of sp³-hybridized carbons (Fsp3) is 0.467. The van der Waals surface area contributed by atoms with Crippen molar-refractivity contribution in [3.63, 3.8) is 0 Å². The number of rotatable bonds is 9. The molecule has 7 heteroatoms. The number of carboxylic acid groups (broad SMARTS) is 1. The monoisotopic (exact) mass is 311 g/mol. The van der Waals surface area contributed by atoms with Crippen LogP contribution in [0.1, 0.15) is 17.3 Å². The normalized spacial score (nSPS) is 13.2. The van der Waals surface area contributed by atoms with Gasteiger partial charge in [0.05, 0.1) is 13.2 Å². The molecule has 0 saturated heterocycles. The number of carbonyl (C=O) groups excluding carboxylic acids is 1. The molecular weight excluding hydrogens is 290 g/mol. The number of ether oxygens (including phenoxy) is 3. The Labute approximate surface area is 129 Å². The molecule has 2 N–H and O–H groups in total. The first-order chi connectivity index (χ1) is 10.4. The molecule has 1 rings (SSSR count). The molecule has 1 aromatic rings. The zero-order valence-corrected chi connectivity index (χ0v) is 12.9. The maximum atomic E-state index is 12.1. The van der Waals surface area contributed by atoms with Gasteiger partial charge in [-0.05, 0) is 31.2 Å². The Balaban J connectivity index is 2.70. The molecule has 0 radical (unpaired) electrons. The summed E-state index contributed by atoms with van der Waals surface area (Å²) in [6, 6.07) is 6.40. The van der Waals surface area contributed by atoms with Crippen molar-refractivity contribution in [3.8, 4) is 5.75 Å². The van der Waals surface area contributed by atoms with Crippen LogP contribution < -0.4 is 10.1 Å². The molecule has 1 unspecified atom stereocenters. The molecule has 0 heterocycles. The highest BCUT2D eigenvalue weighted by molar-refractivity contribution is 5.97. The summed E-state index contributed by atoms with van der Waals surface area (Å²) in [7, 11) is 2.95. The summed E-state index contributed by atoms with van der Waals surface area (Å²) in [5.41, 5.74) is -1.15. The van der Waals surface area contributed by atoms with Crippen LogP contribution in [0.25, 0.3) is 0 Å². The minimum absolute atomic E-state index is 0.133. The van der Waals surface area contributed by atoms with Crippen molar-refractivity contribution in [1.29, 1.82) is 0 Å². The van der Waals surface area contributed by atoms with E-state index in [0.29, 0.717) is 24.5 Å². The van der Waals surface area contributed by atoms with Crippen LogP contribution in [0, 0.1) is 0 Å². The van der Waals surface area contributed by atoms with Crippen LogP contribution in [0.4, 0.5) is 0 Å². The summed E-state index contributed by atoms with van der Waals surface area (Å²) in [5, 5.41) is 11.7. The highest BCUT2D eigenvalue weighted by atomic mass is 16.5. The lowest BCUT2D eigenvalue weighted by atomic mass is 10.0. The summed E-state index contributed by atoms with van der Waals surface area (Å²) in [6.07, 6.45) is 0. The highest BCUT2D eigenvalue weighted by Crippen LogP contribution is 2.13. The van der Waals surface area contributed by atoms with Crippen molar-refractivity contribution in [2.45, 2.75) is 12.5 Å². The van der Waals surface area contributed by atoms with Gasteiger partial charge in [-0.25, -0.2) is 4.79 Å². The molecule has 122 valence electrons. The average molecular weight is 311 g/mol. The quantitative estimate of drug-likeness (QED) is 0.659. The smallest absolute Gasteiger partial charge is 0.331 e. The predicted octanol–water partition coefficient (Wildman–Crippen LogP) is 0.931. The van der Waals surface area contributed by atoms with E-state index in [1.54, 1.807) is 31.4 Å². The summed E-state index contributed by atoms with van der Waals surface area (Å²) in [6.45, 7) is 2.13. The van der Waals surface area contributed by atoms with Crippen LogP contribution in [0.3, 0.4) is 0 Å². The summed E-state index contributed by atoms with van der Waals surface area (Å²) in [5.74, 6) is -1.06. The van der Waals surface area contributed by atoms with E-state index in [4.69, 9.17) is 14.2 Å². The molecule has 1 atom stereocenters. The SMILES string of the molecule is COCCOc1ccc(C(=O)NC(C)(COC)C(=O)O)cc1. The first kappa shape index (κ1) is 17.9. The Hall–Kier alpha value is -2.12. The zero-order chi connectivity index (χ0) is 16.6. The van der Waals surface area contributed by atoms with Crippen molar-refractivity contribution >= 4 is 11.9 Å². The molecule has 0 aliphatic rings. The van der Waals surface area contributed by atoms with Gasteiger partial charge >= 0.3 is 5.97 Å². The molecule has 1 aromatic carbocycles. The van der Waals surface area contributed by atoms with Crippen molar-refractivity contribution in [2.75, 3.05) is 34.0 Å². The van der Waals surface area contributed by atoms with Gasteiger partial charge in [0.15, 0.2) is 5.54 Å². The lowest BCUT2D eigenvalue weighted by Crippen LogP contribution is -2.55. The maximum Gasteiger partial charge on any atom is 0.331 e. The number of carboxylic acids is 1. The van der Waals surface area contributed by atoms with E-state index in [2.05, 4.69) is 5.32 Å². The predicted molar refractivity (Wildman–Crippen MR) is 79.2 cm³/mol. The van der Waals surface area contributed by atoms with Crippen molar-refractivity contribution in [3.05, 3.63) is 29.8 Å². The van der Waals surface area contributed by atoms with Gasteiger partial charge in [-0.15, -0.1) is 0 Å². The molecule has 7 nitrogen and oxygen atoms in total. The minimum atomic E-state index is -1.49. The Morgan fingerprint density at radius 2 is 1.77 bits per heavy atom. The average Bonchev–Trinajstić information content (AvgIpc) is 2.48. The molecule has 0 fully saturated rings. The Morgan fingerprint density at radius 3 is 2.27 bits per heavy atom. The Bertz CT molecular complexity index is 501. The second kappa shape index (κ2) is 8.35. The van der Waals surface area contributed by atoms with Crippen LogP contribution in [0.5, 0.6) is 5.75 Å². The third-order valence-electron chi connectivity index (χ3n) is 2.97. The molecule has 0 spiro atoms. The lowest BCUT2D eigenvalue weighted by Gasteiger charge is -2.25. The number of aliphatic carboxylic acids is 1. The summed E-state index contributed by atoms with van der Waals surface area (Å²) < 4.78 is 15.1.